The average Bonchev–Trinajstić information content (AvgIpc) is 2.46. The van der Waals surface area contributed by atoms with Crippen molar-refractivity contribution in [2.24, 2.45) is 16.6 Å². The zero-order valence-electron chi connectivity index (χ0n) is 9.95. The molecule has 1 amide bonds. The van der Waals surface area contributed by atoms with E-state index in [2.05, 4.69) is 10.1 Å². The van der Waals surface area contributed by atoms with E-state index in [-0.39, 0.29) is 5.84 Å². The van der Waals surface area contributed by atoms with Crippen LogP contribution in [0.25, 0.3) is 11.3 Å². The second-order valence-electron chi connectivity index (χ2n) is 3.83. The van der Waals surface area contributed by atoms with Gasteiger partial charge in [-0.05, 0) is 18.2 Å². The summed E-state index contributed by atoms with van der Waals surface area (Å²) in [6.07, 6.45) is 1.46. The molecule has 0 saturated heterocycles. The molecule has 1 aromatic heterocycles. The predicted octanol–water partition coefficient (Wildman–Crippen LogP) is 0.942. The summed E-state index contributed by atoms with van der Waals surface area (Å²) in [6.45, 7) is 0. The van der Waals surface area contributed by atoms with Crippen LogP contribution in [0.5, 0.6) is 0 Å². The molecule has 6 heteroatoms. The molecule has 5 N–H and O–H groups in total. The molecule has 0 spiro atoms. The fourth-order valence-corrected chi connectivity index (χ4v) is 1.68. The molecule has 2 aromatic rings. The van der Waals surface area contributed by atoms with Crippen molar-refractivity contribution in [3.05, 3.63) is 53.7 Å². The molecule has 2 rings (SSSR count). The van der Waals surface area contributed by atoms with Crippen molar-refractivity contribution in [2.45, 2.75) is 0 Å². The fraction of sp³-hybridized carbons (Fsp3) is 0. The fourth-order valence-electron chi connectivity index (χ4n) is 1.68. The van der Waals surface area contributed by atoms with E-state index in [1.807, 2.05) is 0 Å². The standard InChI is InChI=1S/C13H12N4O2/c14-12(17-19)8-5-6-11(16-7-8)9-3-1-2-4-10(9)13(15)18/h1-7,19H,(H2,14,17)(H2,15,18). The monoisotopic (exact) mass is 256 g/mol. The van der Waals surface area contributed by atoms with Gasteiger partial charge in [0.2, 0.25) is 5.91 Å². The number of nitrogens with two attached hydrogens (primary N) is 2. The first kappa shape index (κ1) is 12.6. The van der Waals surface area contributed by atoms with Crippen molar-refractivity contribution >= 4 is 11.7 Å². The minimum Gasteiger partial charge on any atom is -0.409 e. The van der Waals surface area contributed by atoms with E-state index in [9.17, 15) is 4.79 Å². The number of rotatable bonds is 3. The topological polar surface area (TPSA) is 115 Å². The normalized spacial score (nSPS) is 11.3. The quantitative estimate of drug-likeness (QED) is 0.328. The van der Waals surface area contributed by atoms with Crippen LogP contribution in [0.4, 0.5) is 0 Å². The Bertz CT molecular complexity index is 635. The Balaban J connectivity index is 2.46. The number of hydrogen-bond acceptors (Lipinski definition) is 4. The Hall–Kier alpha value is -2.89. The van der Waals surface area contributed by atoms with Crippen molar-refractivity contribution < 1.29 is 10.0 Å². The number of carbonyl (C=O) groups excluding carboxylic acids is 1. The van der Waals surface area contributed by atoms with E-state index in [1.165, 1.54) is 6.20 Å². The third kappa shape index (κ3) is 2.52. The SMILES string of the molecule is NC(=O)c1ccccc1-c1ccc(/C(N)=N\O)cn1. The summed E-state index contributed by atoms with van der Waals surface area (Å²) < 4.78 is 0. The van der Waals surface area contributed by atoms with E-state index in [0.717, 1.165) is 0 Å². The highest BCUT2D eigenvalue weighted by Gasteiger charge is 2.10. The third-order valence-electron chi connectivity index (χ3n) is 2.64. The molecule has 0 saturated carbocycles. The highest BCUT2D eigenvalue weighted by Crippen LogP contribution is 2.21. The average molecular weight is 256 g/mol. The molecule has 1 heterocycles. The first-order valence-corrected chi connectivity index (χ1v) is 5.46. The second-order valence-corrected chi connectivity index (χ2v) is 3.83. The molecule has 0 aliphatic heterocycles. The molecule has 0 fully saturated rings. The lowest BCUT2D eigenvalue weighted by molar-refractivity contribution is 0.100. The van der Waals surface area contributed by atoms with Gasteiger partial charge in [-0.25, -0.2) is 0 Å². The zero-order chi connectivity index (χ0) is 13.8. The molecule has 6 nitrogen and oxygen atoms in total. The van der Waals surface area contributed by atoms with Gasteiger partial charge < -0.3 is 16.7 Å². The Labute approximate surface area is 109 Å². The van der Waals surface area contributed by atoms with Gasteiger partial charge in [-0.15, -0.1) is 0 Å². The van der Waals surface area contributed by atoms with Crippen LogP contribution >= 0.6 is 0 Å². The van der Waals surface area contributed by atoms with Gasteiger partial charge in [0.1, 0.15) is 0 Å². The van der Waals surface area contributed by atoms with Gasteiger partial charge >= 0.3 is 0 Å². The Morgan fingerprint density at radius 2 is 1.89 bits per heavy atom. The summed E-state index contributed by atoms with van der Waals surface area (Å²) in [6, 6.07) is 10.2. The number of amides is 1. The molecular weight excluding hydrogens is 244 g/mol. The second kappa shape index (κ2) is 5.18. The van der Waals surface area contributed by atoms with E-state index in [4.69, 9.17) is 16.7 Å². The molecule has 0 radical (unpaired) electrons. The van der Waals surface area contributed by atoms with Gasteiger partial charge in [0.05, 0.1) is 5.69 Å². The molecule has 0 atom stereocenters. The maximum atomic E-state index is 11.3. The van der Waals surface area contributed by atoms with Gasteiger partial charge in [-0.2, -0.15) is 0 Å². The van der Waals surface area contributed by atoms with Crippen LogP contribution < -0.4 is 11.5 Å². The Morgan fingerprint density at radius 1 is 1.16 bits per heavy atom. The molecule has 0 bridgehead atoms. The first-order chi connectivity index (χ1) is 9.13. The van der Waals surface area contributed by atoms with Crippen LogP contribution in [0, 0.1) is 0 Å². The van der Waals surface area contributed by atoms with Gasteiger partial charge in [-0.3, -0.25) is 9.78 Å². The van der Waals surface area contributed by atoms with Crippen LogP contribution in [-0.2, 0) is 0 Å². The minimum atomic E-state index is -0.516. The molecule has 1 aromatic carbocycles. The number of hydrogen-bond donors (Lipinski definition) is 3. The van der Waals surface area contributed by atoms with Gasteiger partial charge in [-0.1, -0.05) is 23.4 Å². The number of pyridine rings is 1. The summed E-state index contributed by atoms with van der Waals surface area (Å²) in [5.41, 5.74) is 12.9. The highest BCUT2D eigenvalue weighted by atomic mass is 16.4. The van der Waals surface area contributed by atoms with Crippen LogP contribution in [0.15, 0.2) is 47.8 Å². The lowest BCUT2D eigenvalue weighted by atomic mass is 10.0. The number of benzene rings is 1. The number of aromatic nitrogens is 1. The molecule has 0 aliphatic rings. The largest absolute Gasteiger partial charge is 0.409 e. The molecule has 0 aliphatic carbocycles. The van der Waals surface area contributed by atoms with E-state index >= 15 is 0 Å². The van der Waals surface area contributed by atoms with Crippen molar-refractivity contribution in [3.8, 4) is 11.3 Å². The number of nitrogens with zero attached hydrogens (tertiary/aromatic N) is 2. The Kier molecular flexibility index (Phi) is 3.42. The molecular formula is C13H12N4O2. The summed E-state index contributed by atoms with van der Waals surface area (Å²) in [7, 11) is 0. The maximum Gasteiger partial charge on any atom is 0.249 e. The van der Waals surface area contributed by atoms with Gasteiger partial charge in [0, 0.05) is 22.9 Å². The highest BCUT2D eigenvalue weighted by molar-refractivity contribution is 6.00. The smallest absolute Gasteiger partial charge is 0.249 e. The zero-order valence-corrected chi connectivity index (χ0v) is 9.95. The van der Waals surface area contributed by atoms with Gasteiger partial charge in [0.15, 0.2) is 5.84 Å². The maximum absolute atomic E-state index is 11.3. The summed E-state index contributed by atoms with van der Waals surface area (Å²) in [4.78, 5) is 15.5. The van der Waals surface area contributed by atoms with Crippen molar-refractivity contribution in [2.75, 3.05) is 0 Å². The number of oxime groups is 1. The number of primary amides is 1. The summed E-state index contributed by atoms with van der Waals surface area (Å²) in [5.74, 6) is -0.542. The first-order valence-electron chi connectivity index (χ1n) is 5.46. The molecule has 19 heavy (non-hydrogen) atoms. The summed E-state index contributed by atoms with van der Waals surface area (Å²) >= 11 is 0. The Morgan fingerprint density at radius 3 is 2.47 bits per heavy atom. The van der Waals surface area contributed by atoms with Crippen LogP contribution in [0.2, 0.25) is 0 Å². The lowest BCUT2D eigenvalue weighted by Crippen LogP contribution is -2.14. The third-order valence-corrected chi connectivity index (χ3v) is 2.64. The van der Waals surface area contributed by atoms with Crippen molar-refractivity contribution in [3.63, 3.8) is 0 Å². The van der Waals surface area contributed by atoms with E-state index < -0.39 is 5.91 Å². The lowest BCUT2D eigenvalue weighted by Gasteiger charge is -2.06. The molecule has 0 unspecified atom stereocenters. The predicted molar refractivity (Wildman–Crippen MR) is 70.7 cm³/mol. The summed E-state index contributed by atoms with van der Waals surface area (Å²) in [5, 5.41) is 11.5. The van der Waals surface area contributed by atoms with Gasteiger partial charge in [0.25, 0.3) is 0 Å². The minimum absolute atomic E-state index is 0.0257. The van der Waals surface area contributed by atoms with Crippen LogP contribution in [-0.4, -0.2) is 21.9 Å². The molecule has 96 valence electrons. The van der Waals surface area contributed by atoms with Crippen molar-refractivity contribution in [1.82, 2.24) is 4.98 Å². The van der Waals surface area contributed by atoms with E-state index in [0.29, 0.717) is 22.4 Å². The van der Waals surface area contributed by atoms with E-state index in [1.54, 1.807) is 36.4 Å². The van der Waals surface area contributed by atoms with Crippen LogP contribution in [0.3, 0.4) is 0 Å². The van der Waals surface area contributed by atoms with Crippen LogP contribution in [0.1, 0.15) is 15.9 Å². The number of carbonyl (C=O) groups is 1. The number of amidine groups is 1. The van der Waals surface area contributed by atoms with Crippen molar-refractivity contribution in [1.29, 1.82) is 0 Å².